The van der Waals surface area contributed by atoms with E-state index in [4.69, 9.17) is 0 Å². The molecule has 0 aliphatic carbocycles. The van der Waals surface area contributed by atoms with Gasteiger partial charge in [0.2, 0.25) is 0 Å². The van der Waals surface area contributed by atoms with Crippen LogP contribution >= 0.6 is 0 Å². The third-order valence-electron chi connectivity index (χ3n) is 1.08. The van der Waals surface area contributed by atoms with Gasteiger partial charge in [-0.25, -0.2) is 0 Å². The van der Waals surface area contributed by atoms with E-state index >= 15 is 0 Å². The average Bonchev–Trinajstić information content (AvgIpc) is 2.12. The van der Waals surface area contributed by atoms with Crippen molar-refractivity contribution in [2.24, 2.45) is 0 Å². The number of carbonyl (C=O) groups excluding carboxylic acids is 1. The molecule has 0 saturated carbocycles. The Morgan fingerprint density at radius 2 is 2.00 bits per heavy atom. The summed E-state index contributed by atoms with van der Waals surface area (Å²) in [6.07, 6.45) is 0. The second-order valence-electron chi connectivity index (χ2n) is 1.78. The van der Waals surface area contributed by atoms with E-state index in [-0.39, 0.29) is 0 Å². The standard InChI is InChI=1S/C2H6N2.C2H3O.Ti/c3-1-2-4;1-2-3;/h3-4H,1-2H2;1H3;/q-2;;+2. The molecule has 4 heteroatoms. The van der Waals surface area contributed by atoms with Crippen molar-refractivity contribution < 1.29 is 23.2 Å². The summed E-state index contributed by atoms with van der Waals surface area (Å²) < 4.78 is 6.66. The zero-order valence-electron chi connectivity index (χ0n) is 4.82. The Balaban J connectivity index is 2.35. The van der Waals surface area contributed by atoms with Gasteiger partial charge in [0.05, 0.1) is 0 Å². The van der Waals surface area contributed by atoms with E-state index < -0.39 is 18.4 Å². The van der Waals surface area contributed by atoms with Crippen molar-refractivity contribution in [1.29, 1.82) is 0 Å². The molecule has 0 radical (unpaired) electrons. The molecule has 0 amide bonds. The number of carbonyl (C=O) groups is 1. The van der Waals surface area contributed by atoms with Crippen LogP contribution in [0, 0.1) is 0 Å². The first-order chi connectivity index (χ1) is 3.80. The third kappa shape index (κ3) is 1.39. The summed E-state index contributed by atoms with van der Waals surface area (Å²) >= 11 is -1.54. The Bertz CT molecular complexity index is 100. The summed E-state index contributed by atoms with van der Waals surface area (Å²) in [4.78, 5) is 10.6. The molecule has 3 nitrogen and oxygen atoms in total. The van der Waals surface area contributed by atoms with Crippen LogP contribution in [-0.2, 0) is 23.2 Å². The molecule has 1 heterocycles. The van der Waals surface area contributed by atoms with Crippen LogP contribution in [0.15, 0.2) is 0 Å². The van der Waals surface area contributed by atoms with Crippen molar-refractivity contribution in [2.75, 3.05) is 13.1 Å². The van der Waals surface area contributed by atoms with Crippen LogP contribution in [0.4, 0.5) is 0 Å². The Morgan fingerprint density at radius 3 is 2.25 bits per heavy atom. The van der Waals surface area contributed by atoms with E-state index in [9.17, 15) is 4.79 Å². The minimum absolute atomic E-state index is 0.336. The van der Waals surface area contributed by atoms with Crippen LogP contribution in [0.2, 0.25) is 0 Å². The monoisotopic (exact) mass is 149 g/mol. The molecule has 0 spiro atoms. The number of nitrogens with one attached hydrogen (secondary N) is 2. The van der Waals surface area contributed by atoms with Gasteiger partial charge in [-0.2, -0.15) is 0 Å². The first-order valence-corrected chi connectivity index (χ1v) is 5.00. The van der Waals surface area contributed by atoms with Gasteiger partial charge >= 0.3 is 54.9 Å². The molecule has 2 N–H and O–H groups in total. The van der Waals surface area contributed by atoms with E-state index in [1.165, 1.54) is 0 Å². The van der Waals surface area contributed by atoms with Crippen LogP contribution in [-0.4, -0.2) is 17.2 Å². The van der Waals surface area contributed by atoms with Crippen molar-refractivity contribution in [2.45, 2.75) is 6.92 Å². The summed E-state index contributed by atoms with van der Waals surface area (Å²) in [6.45, 7) is 3.62. The Morgan fingerprint density at radius 1 is 1.50 bits per heavy atom. The van der Waals surface area contributed by atoms with Crippen LogP contribution in [0.25, 0.3) is 0 Å². The molecule has 1 saturated heterocycles. The van der Waals surface area contributed by atoms with Crippen LogP contribution in [0.3, 0.4) is 0 Å². The van der Waals surface area contributed by atoms with Gasteiger partial charge in [-0.15, -0.1) is 0 Å². The van der Waals surface area contributed by atoms with E-state index in [1.54, 1.807) is 6.92 Å². The van der Waals surface area contributed by atoms with Gasteiger partial charge < -0.3 is 0 Å². The second-order valence-corrected chi connectivity index (χ2v) is 5.16. The van der Waals surface area contributed by atoms with Crippen molar-refractivity contribution in [3.05, 3.63) is 0 Å². The third-order valence-corrected chi connectivity index (χ3v) is 4.07. The second kappa shape index (κ2) is 2.73. The molecule has 0 aromatic rings. The summed E-state index contributed by atoms with van der Waals surface area (Å²) in [6, 6.07) is 0. The van der Waals surface area contributed by atoms with Crippen molar-refractivity contribution >= 4 is 4.09 Å². The van der Waals surface area contributed by atoms with Crippen LogP contribution in [0.1, 0.15) is 6.92 Å². The molecule has 0 aromatic carbocycles. The normalized spacial score (nSPS) is 19.4. The van der Waals surface area contributed by atoms with Gasteiger partial charge in [0.25, 0.3) is 0 Å². The quantitative estimate of drug-likeness (QED) is 0.478. The molecular weight excluding hydrogens is 140 g/mol. The molecule has 1 fully saturated rings. The van der Waals surface area contributed by atoms with Crippen LogP contribution in [0.5, 0.6) is 0 Å². The fourth-order valence-corrected chi connectivity index (χ4v) is 2.83. The molecule has 1 aliphatic rings. The molecule has 8 heavy (non-hydrogen) atoms. The van der Waals surface area contributed by atoms with Gasteiger partial charge in [0, 0.05) is 0 Å². The zero-order chi connectivity index (χ0) is 5.98. The van der Waals surface area contributed by atoms with Crippen molar-refractivity contribution in [3.63, 3.8) is 0 Å². The molecule has 1 rings (SSSR count). The number of hydrogen-bond donors (Lipinski definition) is 2. The Labute approximate surface area is 55.3 Å². The fraction of sp³-hybridized carbons (Fsp3) is 0.750. The molecule has 0 aromatic heterocycles. The number of rotatable bonds is 1. The molecule has 0 atom stereocenters. The van der Waals surface area contributed by atoms with E-state index in [0.717, 1.165) is 13.1 Å². The van der Waals surface area contributed by atoms with Crippen LogP contribution < -0.4 is 7.60 Å². The van der Waals surface area contributed by atoms with Gasteiger partial charge in [0.1, 0.15) is 0 Å². The Kier molecular flexibility index (Phi) is 2.20. The zero-order valence-corrected chi connectivity index (χ0v) is 6.38. The van der Waals surface area contributed by atoms with Gasteiger partial charge in [0.15, 0.2) is 0 Å². The van der Waals surface area contributed by atoms with Gasteiger partial charge in [-0.1, -0.05) is 0 Å². The van der Waals surface area contributed by atoms with Crippen molar-refractivity contribution in [1.82, 2.24) is 7.60 Å². The first kappa shape index (κ1) is 6.42. The first-order valence-electron chi connectivity index (χ1n) is 2.66. The summed E-state index contributed by atoms with van der Waals surface area (Å²) in [5.41, 5.74) is 0. The Hall–Kier alpha value is 0.304. The maximum absolute atomic E-state index is 10.6. The predicted molar refractivity (Wildman–Crippen MR) is 26.7 cm³/mol. The van der Waals surface area contributed by atoms with Gasteiger partial charge in [-0.05, 0) is 0 Å². The van der Waals surface area contributed by atoms with Gasteiger partial charge in [-0.3, -0.25) is 0 Å². The summed E-state index contributed by atoms with van der Waals surface area (Å²) in [5.74, 6) is 0. The topological polar surface area (TPSA) is 41.1 Å². The maximum atomic E-state index is 10.6. The summed E-state index contributed by atoms with van der Waals surface area (Å²) in [5, 5.41) is 0. The molecule has 45 valence electrons. The average molecular weight is 149 g/mol. The van der Waals surface area contributed by atoms with E-state index in [2.05, 4.69) is 7.60 Å². The van der Waals surface area contributed by atoms with E-state index in [1.807, 2.05) is 0 Å². The molecule has 1 aliphatic heterocycles. The van der Waals surface area contributed by atoms with Crippen molar-refractivity contribution in [3.8, 4) is 0 Å². The SMILES string of the molecule is C[C](=O)[Ti]1[NH]CC[NH]1. The fourth-order valence-electron chi connectivity index (χ4n) is 0.686. The molecule has 0 unspecified atom stereocenters. The summed E-state index contributed by atoms with van der Waals surface area (Å²) in [7, 11) is 0. The minimum atomic E-state index is -1.54. The predicted octanol–water partition coefficient (Wildman–Crippen LogP) is -0.826. The molecule has 0 bridgehead atoms. The van der Waals surface area contributed by atoms with E-state index in [0.29, 0.717) is 4.09 Å². The molecular formula is C4H9N2OTi. The number of hydrogen-bond acceptors (Lipinski definition) is 3.